The van der Waals surface area contributed by atoms with E-state index in [9.17, 15) is 4.79 Å². The van der Waals surface area contributed by atoms with E-state index >= 15 is 0 Å². The number of carbonyl (C=O) groups excluding carboxylic acids is 1. The van der Waals surface area contributed by atoms with Crippen LogP contribution in [-0.2, 0) is 4.74 Å². The van der Waals surface area contributed by atoms with Gasteiger partial charge in [0.25, 0.3) is 0 Å². The normalized spacial score (nSPS) is 20.7. The van der Waals surface area contributed by atoms with Gasteiger partial charge in [0, 0.05) is 18.7 Å². The van der Waals surface area contributed by atoms with Crippen LogP contribution in [0, 0.1) is 0 Å². The van der Waals surface area contributed by atoms with Crippen LogP contribution in [0.5, 0.6) is 11.5 Å². The lowest BCUT2D eigenvalue weighted by atomic mass is 10.1. The molecule has 2 aliphatic heterocycles. The highest BCUT2D eigenvalue weighted by atomic mass is 16.7. The number of Topliss-reactive ketones (excluding diaryl/α,β-unsaturated/α-hetero) is 1. The zero-order valence-electron chi connectivity index (χ0n) is 10.7. The Morgan fingerprint density at radius 2 is 2.21 bits per heavy atom. The first-order chi connectivity index (χ1) is 9.33. The number of carbonyl (C=O) groups is 1. The van der Waals surface area contributed by atoms with Crippen molar-refractivity contribution in [2.24, 2.45) is 0 Å². The summed E-state index contributed by atoms with van der Waals surface area (Å²) >= 11 is 0. The molecular formula is C14H17NO4. The molecule has 2 heterocycles. The van der Waals surface area contributed by atoms with Gasteiger partial charge in [0.1, 0.15) is 0 Å². The Kier molecular flexibility index (Phi) is 3.66. The SMILES string of the molecule is O=C(CNCC1CCCO1)c1ccc2c(c1)OCO2. The molecule has 1 aromatic rings. The second-order valence-corrected chi connectivity index (χ2v) is 4.76. The molecule has 0 saturated carbocycles. The van der Waals surface area contributed by atoms with Gasteiger partial charge >= 0.3 is 0 Å². The van der Waals surface area contributed by atoms with Crippen molar-refractivity contribution in [2.45, 2.75) is 18.9 Å². The monoisotopic (exact) mass is 263 g/mol. The summed E-state index contributed by atoms with van der Waals surface area (Å²) in [5.74, 6) is 1.39. The van der Waals surface area contributed by atoms with E-state index in [-0.39, 0.29) is 18.7 Å². The molecule has 5 heteroatoms. The van der Waals surface area contributed by atoms with Gasteiger partial charge in [-0.15, -0.1) is 0 Å². The minimum absolute atomic E-state index is 0.0521. The number of nitrogens with one attached hydrogen (secondary N) is 1. The molecule has 0 radical (unpaired) electrons. The second-order valence-electron chi connectivity index (χ2n) is 4.76. The van der Waals surface area contributed by atoms with Crippen LogP contribution in [0.15, 0.2) is 18.2 Å². The average molecular weight is 263 g/mol. The van der Waals surface area contributed by atoms with Crippen molar-refractivity contribution < 1.29 is 19.0 Å². The Bertz CT molecular complexity index is 469. The number of ether oxygens (including phenoxy) is 3. The fourth-order valence-corrected chi connectivity index (χ4v) is 2.32. The van der Waals surface area contributed by atoms with Crippen LogP contribution in [0.2, 0.25) is 0 Å². The Morgan fingerprint density at radius 3 is 3.05 bits per heavy atom. The molecule has 1 unspecified atom stereocenters. The Hall–Kier alpha value is -1.59. The second kappa shape index (κ2) is 5.59. The van der Waals surface area contributed by atoms with E-state index in [0.29, 0.717) is 23.6 Å². The largest absolute Gasteiger partial charge is 0.454 e. The fourth-order valence-electron chi connectivity index (χ4n) is 2.32. The number of ketones is 1. The molecule has 0 aliphatic carbocycles. The van der Waals surface area contributed by atoms with E-state index < -0.39 is 0 Å². The number of hydrogen-bond donors (Lipinski definition) is 1. The lowest BCUT2D eigenvalue weighted by Crippen LogP contribution is -2.30. The first-order valence-electron chi connectivity index (χ1n) is 6.58. The summed E-state index contributed by atoms with van der Waals surface area (Å²) in [5, 5.41) is 3.15. The van der Waals surface area contributed by atoms with Crippen LogP contribution in [0.1, 0.15) is 23.2 Å². The van der Waals surface area contributed by atoms with Crippen LogP contribution < -0.4 is 14.8 Å². The maximum atomic E-state index is 12.0. The van der Waals surface area contributed by atoms with E-state index in [2.05, 4.69) is 5.32 Å². The fraction of sp³-hybridized carbons (Fsp3) is 0.500. The van der Waals surface area contributed by atoms with Gasteiger partial charge in [0.15, 0.2) is 17.3 Å². The van der Waals surface area contributed by atoms with Gasteiger partial charge in [0.05, 0.1) is 12.6 Å². The first-order valence-corrected chi connectivity index (χ1v) is 6.58. The van der Waals surface area contributed by atoms with Gasteiger partial charge in [-0.1, -0.05) is 0 Å². The molecule has 0 spiro atoms. The molecule has 1 atom stereocenters. The quantitative estimate of drug-likeness (QED) is 0.813. The summed E-state index contributed by atoms with van der Waals surface area (Å²) in [6, 6.07) is 5.28. The molecule has 5 nitrogen and oxygen atoms in total. The maximum absolute atomic E-state index is 12.0. The molecule has 1 saturated heterocycles. The van der Waals surface area contributed by atoms with Gasteiger partial charge in [-0.3, -0.25) is 4.79 Å². The molecule has 102 valence electrons. The van der Waals surface area contributed by atoms with Crippen LogP contribution in [0.25, 0.3) is 0 Å². The number of hydrogen-bond acceptors (Lipinski definition) is 5. The van der Waals surface area contributed by atoms with Crippen molar-refractivity contribution in [3.8, 4) is 11.5 Å². The first kappa shape index (κ1) is 12.4. The van der Waals surface area contributed by atoms with E-state index in [1.54, 1.807) is 18.2 Å². The smallest absolute Gasteiger partial charge is 0.231 e. The topological polar surface area (TPSA) is 56.8 Å². The van der Waals surface area contributed by atoms with Crippen LogP contribution in [0.4, 0.5) is 0 Å². The highest BCUT2D eigenvalue weighted by Crippen LogP contribution is 2.32. The number of benzene rings is 1. The molecule has 0 bridgehead atoms. The molecule has 1 N–H and O–H groups in total. The van der Waals surface area contributed by atoms with Crippen LogP contribution in [-0.4, -0.2) is 38.4 Å². The van der Waals surface area contributed by atoms with E-state index in [1.165, 1.54) is 0 Å². The lowest BCUT2D eigenvalue weighted by molar-refractivity contribution is 0.0955. The molecule has 0 aromatic heterocycles. The number of rotatable bonds is 5. The van der Waals surface area contributed by atoms with Crippen LogP contribution in [0.3, 0.4) is 0 Å². The van der Waals surface area contributed by atoms with Crippen molar-refractivity contribution in [2.75, 3.05) is 26.5 Å². The predicted octanol–water partition coefficient (Wildman–Crippen LogP) is 1.37. The minimum Gasteiger partial charge on any atom is -0.454 e. The van der Waals surface area contributed by atoms with Gasteiger partial charge in [-0.05, 0) is 31.0 Å². The molecule has 2 aliphatic rings. The summed E-state index contributed by atoms with van der Waals surface area (Å²) in [6.07, 6.45) is 2.44. The third-order valence-corrected chi connectivity index (χ3v) is 3.38. The molecule has 19 heavy (non-hydrogen) atoms. The van der Waals surface area contributed by atoms with Crippen molar-refractivity contribution in [3.63, 3.8) is 0 Å². The molecule has 1 fully saturated rings. The Balaban J connectivity index is 1.52. The third kappa shape index (κ3) is 2.88. The van der Waals surface area contributed by atoms with Gasteiger partial charge in [-0.25, -0.2) is 0 Å². The highest BCUT2D eigenvalue weighted by Gasteiger charge is 2.17. The van der Waals surface area contributed by atoms with E-state index in [1.807, 2.05) is 0 Å². The zero-order valence-corrected chi connectivity index (χ0v) is 10.7. The van der Waals surface area contributed by atoms with E-state index in [0.717, 1.165) is 26.0 Å². The minimum atomic E-state index is 0.0521. The van der Waals surface area contributed by atoms with Crippen molar-refractivity contribution in [1.82, 2.24) is 5.32 Å². The van der Waals surface area contributed by atoms with Crippen molar-refractivity contribution in [3.05, 3.63) is 23.8 Å². The molecule has 1 aromatic carbocycles. The summed E-state index contributed by atoms with van der Waals surface area (Å²) in [6.45, 7) is 2.11. The van der Waals surface area contributed by atoms with E-state index in [4.69, 9.17) is 14.2 Å². The standard InChI is InChI=1S/C14H17NO4/c16-12(8-15-7-11-2-1-5-17-11)10-3-4-13-14(6-10)19-9-18-13/h3-4,6,11,15H,1-2,5,7-9H2. The third-order valence-electron chi connectivity index (χ3n) is 3.38. The van der Waals surface area contributed by atoms with Crippen molar-refractivity contribution >= 4 is 5.78 Å². The van der Waals surface area contributed by atoms with Gasteiger partial charge in [-0.2, -0.15) is 0 Å². The van der Waals surface area contributed by atoms with Gasteiger partial charge < -0.3 is 19.5 Å². The lowest BCUT2D eigenvalue weighted by Gasteiger charge is -2.10. The Morgan fingerprint density at radius 1 is 1.32 bits per heavy atom. The van der Waals surface area contributed by atoms with Crippen LogP contribution >= 0.6 is 0 Å². The molecular weight excluding hydrogens is 246 g/mol. The zero-order chi connectivity index (χ0) is 13.1. The highest BCUT2D eigenvalue weighted by molar-refractivity contribution is 5.98. The summed E-state index contributed by atoms with van der Waals surface area (Å²) < 4.78 is 16.0. The number of fused-ring (bicyclic) bond motifs is 1. The van der Waals surface area contributed by atoms with Crippen molar-refractivity contribution in [1.29, 1.82) is 0 Å². The summed E-state index contributed by atoms with van der Waals surface area (Å²) in [4.78, 5) is 12.0. The predicted molar refractivity (Wildman–Crippen MR) is 68.7 cm³/mol. The van der Waals surface area contributed by atoms with Gasteiger partial charge in [0.2, 0.25) is 6.79 Å². The summed E-state index contributed by atoms with van der Waals surface area (Å²) in [7, 11) is 0. The molecule has 0 amide bonds. The maximum Gasteiger partial charge on any atom is 0.231 e. The summed E-state index contributed by atoms with van der Waals surface area (Å²) in [5.41, 5.74) is 0.643. The average Bonchev–Trinajstić information content (AvgIpc) is 3.08. The molecule has 3 rings (SSSR count). The Labute approximate surface area is 111 Å².